The van der Waals surface area contributed by atoms with E-state index in [0.717, 1.165) is 10.7 Å². The highest BCUT2D eigenvalue weighted by molar-refractivity contribution is 7.84. The third-order valence-electron chi connectivity index (χ3n) is 4.79. The molecule has 8 nitrogen and oxygen atoms in total. The fourth-order valence-corrected chi connectivity index (χ4v) is 4.62. The molecule has 2 N–H and O–H groups in total. The largest absolute Gasteiger partial charge is 0.416 e. The second kappa shape index (κ2) is 7.65. The Morgan fingerprint density at radius 2 is 2.06 bits per heavy atom. The van der Waals surface area contributed by atoms with E-state index in [4.69, 9.17) is 18.2 Å². The van der Waals surface area contributed by atoms with Crippen molar-refractivity contribution in [3.05, 3.63) is 45.4 Å². The Bertz CT molecular complexity index is 1190. The molecule has 0 aliphatic carbocycles. The van der Waals surface area contributed by atoms with Gasteiger partial charge in [-0.05, 0) is 12.1 Å². The van der Waals surface area contributed by atoms with Gasteiger partial charge in [-0.25, -0.2) is 11.3 Å². The number of fused-ring (bicyclic) bond motifs is 3. The summed E-state index contributed by atoms with van der Waals surface area (Å²) in [5.41, 5.74) is -3.69. The van der Waals surface area contributed by atoms with Crippen molar-refractivity contribution < 1.29 is 27.0 Å². The second-order valence-electron chi connectivity index (χ2n) is 6.73. The standard InChI is InChI=1S/C18H15ClF3N5O3S/c1-8(28)12-14(31(4)30)15-25-17(7-23-2,16(29)24-3)10-5-9(18(20,21)22)6-11(19)13(10)27(15)26-12/h5-6,25H,7H2,1,3-4H3,(H,24,29). The number of likely N-dealkylation sites (N-methyl/N-ethyl adjacent to an activating group) is 1. The van der Waals surface area contributed by atoms with Crippen LogP contribution in [0.15, 0.2) is 17.0 Å². The molecular formula is C18H15ClF3N5O3S. The lowest BCUT2D eigenvalue weighted by Crippen LogP contribution is -2.54. The maximum Gasteiger partial charge on any atom is 0.416 e. The highest BCUT2D eigenvalue weighted by Gasteiger charge is 2.52. The zero-order valence-corrected chi connectivity index (χ0v) is 17.9. The summed E-state index contributed by atoms with van der Waals surface area (Å²) in [5, 5.41) is 8.81. The van der Waals surface area contributed by atoms with Gasteiger partial charge in [-0.2, -0.15) is 18.3 Å². The van der Waals surface area contributed by atoms with E-state index in [0.29, 0.717) is 6.07 Å². The number of amides is 1. The Kier molecular flexibility index (Phi) is 5.62. The molecule has 31 heavy (non-hydrogen) atoms. The Hall–Kier alpha value is -2.91. The molecule has 1 aromatic heterocycles. The van der Waals surface area contributed by atoms with Crippen LogP contribution in [0.5, 0.6) is 0 Å². The Morgan fingerprint density at radius 1 is 1.42 bits per heavy atom. The first-order valence-electron chi connectivity index (χ1n) is 8.61. The van der Waals surface area contributed by atoms with Crippen molar-refractivity contribution in [2.45, 2.75) is 23.5 Å². The van der Waals surface area contributed by atoms with Crippen molar-refractivity contribution in [1.82, 2.24) is 15.1 Å². The van der Waals surface area contributed by atoms with Gasteiger partial charge < -0.3 is 15.5 Å². The van der Waals surface area contributed by atoms with Crippen LogP contribution in [0, 0.1) is 6.57 Å². The number of carbonyl (C=O) groups excluding carboxylic acids is 2. The Labute approximate surface area is 182 Å². The number of benzene rings is 1. The number of hydrogen-bond acceptors (Lipinski definition) is 5. The molecule has 164 valence electrons. The number of nitrogens with zero attached hydrogens (tertiary/aromatic N) is 3. The van der Waals surface area contributed by atoms with Crippen LogP contribution in [-0.2, 0) is 27.3 Å². The van der Waals surface area contributed by atoms with Crippen molar-refractivity contribution in [2.24, 2.45) is 0 Å². The number of anilines is 1. The minimum Gasteiger partial charge on any atom is -0.357 e. The van der Waals surface area contributed by atoms with Gasteiger partial charge in [0, 0.05) is 25.8 Å². The van der Waals surface area contributed by atoms with Crippen LogP contribution in [0.2, 0.25) is 5.02 Å². The van der Waals surface area contributed by atoms with Gasteiger partial charge >= 0.3 is 6.18 Å². The molecule has 0 saturated carbocycles. The Balaban J connectivity index is 2.53. The van der Waals surface area contributed by atoms with Crippen LogP contribution in [0.25, 0.3) is 10.5 Å². The SMILES string of the molecule is [C-]#[N+]CC1(C(=O)NC)Nc2c(S(C)=O)c(C(C)=O)nn2-c2c(Cl)cc(C(F)(F)F)cc21. The quantitative estimate of drug-likeness (QED) is 0.525. The molecule has 2 unspecified atom stereocenters. The van der Waals surface area contributed by atoms with Crippen LogP contribution >= 0.6 is 11.6 Å². The first-order valence-corrected chi connectivity index (χ1v) is 10.5. The number of hydrogen-bond donors (Lipinski definition) is 2. The normalized spacial score (nSPS) is 18.3. The van der Waals surface area contributed by atoms with Gasteiger partial charge in [0.1, 0.15) is 16.4 Å². The molecule has 13 heteroatoms. The molecular weight excluding hydrogens is 459 g/mol. The van der Waals surface area contributed by atoms with E-state index in [9.17, 15) is 27.0 Å². The van der Waals surface area contributed by atoms with E-state index in [1.807, 2.05) is 0 Å². The maximum absolute atomic E-state index is 13.5. The summed E-state index contributed by atoms with van der Waals surface area (Å²) >= 11 is 6.22. The molecule has 0 radical (unpaired) electrons. The fraction of sp³-hybridized carbons (Fsp3) is 0.333. The van der Waals surface area contributed by atoms with E-state index in [2.05, 4.69) is 20.6 Å². The van der Waals surface area contributed by atoms with Crippen molar-refractivity contribution in [1.29, 1.82) is 0 Å². The number of Topliss-reactive ketones (excluding diaryl/α,β-unsaturated/α-hetero) is 1. The minimum absolute atomic E-state index is 0.0487. The zero-order chi connectivity index (χ0) is 23.3. The van der Waals surface area contributed by atoms with Crippen LogP contribution in [0.3, 0.4) is 0 Å². The predicted molar refractivity (Wildman–Crippen MR) is 107 cm³/mol. The third kappa shape index (κ3) is 3.47. The summed E-state index contributed by atoms with van der Waals surface area (Å²) in [6, 6.07) is 1.38. The summed E-state index contributed by atoms with van der Waals surface area (Å²) in [5.74, 6) is -1.42. The monoisotopic (exact) mass is 473 g/mol. The summed E-state index contributed by atoms with van der Waals surface area (Å²) in [6.07, 6.45) is -3.50. The van der Waals surface area contributed by atoms with E-state index in [1.165, 1.54) is 20.2 Å². The van der Waals surface area contributed by atoms with E-state index < -0.39 is 51.3 Å². The molecule has 1 amide bonds. The highest BCUT2D eigenvalue weighted by Crippen LogP contribution is 2.46. The van der Waals surface area contributed by atoms with Crippen LogP contribution in [0.1, 0.15) is 28.5 Å². The second-order valence-corrected chi connectivity index (χ2v) is 8.45. The van der Waals surface area contributed by atoms with Gasteiger partial charge in [-0.15, -0.1) is 0 Å². The average Bonchev–Trinajstić information content (AvgIpc) is 3.05. The smallest absolute Gasteiger partial charge is 0.357 e. The lowest BCUT2D eigenvalue weighted by atomic mass is 9.84. The number of aromatic nitrogens is 2. The first kappa shape index (κ1) is 22.8. The van der Waals surface area contributed by atoms with Crippen LogP contribution < -0.4 is 10.6 Å². The molecule has 2 heterocycles. The number of nitrogens with one attached hydrogen (secondary N) is 2. The average molecular weight is 474 g/mol. The summed E-state index contributed by atoms with van der Waals surface area (Å²) in [4.78, 5) is 28.2. The summed E-state index contributed by atoms with van der Waals surface area (Å²) in [6.45, 7) is 7.90. The summed E-state index contributed by atoms with van der Waals surface area (Å²) < 4.78 is 53.9. The van der Waals surface area contributed by atoms with Crippen molar-refractivity contribution in [3.63, 3.8) is 0 Å². The lowest BCUT2D eigenvalue weighted by Gasteiger charge is -2.36. The molecule has 2 atom stereocenters. The lowest BCUT2D eigenvalue weighted by molar-refractivity contribution is -0.137. The van der Waals surface area contributed by atoms with E-state index >= 15 is 0 Å². The molecule has 1 aromatic carbocycles. The van der Waals surface area contributed by atoms with E-state index in [1.54, 1.807) is 0 Å². The molecule has 0 saturated heterocycles. The molecule has 0 bridgehead atoms. The van der Waals surface area contributed by atoms with Gasteiger partial charge in [-0.1, -0.05) is 11.6 Å². The molecule has 1 aliphatic heterocycles. The summed E-state index contributed by atoms with van der Waals surface area (Å²) in [7, 11) is -0.512. The molecule has 0 fully saturated rings. The molecule has 3 rings (SSSR count). The topological polar surface area (TPSA) is 97.4 Å². The predicted octanol–water partition coefficient (Wildman–Crippen LogP) is 2.77. The van der Waals surface area contributed by atoms with Crippen LogP contribution in [-0.4, -0.2) is 45.5 Å². The molecule has 2 aromatic rings. The van der Waals surface area contributed by atoms with Crippen molar-refractivity contribution >= 4 is 39.9 Å². The zero-order valence-electron chi connectivity index (χ0n) is 16.3. The maximum atomic E-state index is 13.5. The fourth-order valence-electron chi connectivity index (χ4n) is 3.46. The molecule has 0 spiro atoms. The third-order valence-corrected chi connectivity index (χ3v) is 6.04. The number of ketones is 1. The van der Waals surface area contributed by atoms with Crippen molar-refractivity contribution in [2.75, 3.05) is 25.2 Å². The first-order chi connectivity index (χ1) is 14.4. The highest BCUT2D eigenvalue weighted by atomic mass is 35.5. The minimum atomic E-state index is -4.78. The van der Waals surface area contributed by atoms with Crippen molar-refractivity contribution in [3.8, 4) is 5.69 Å². The van der Waals surface area contributed by atoms with Gasteiger partial charge in [0.15, 0.2) is 5.78 Å². The number of halogens is 4. The van der Waals surface area contributed by atoms with Gasteiger partial charge in [0.05, 0.1) is 27.1 Å². The number of carbonyl (C=O) groups is 2. The Morgan fingerprint density at radius 3 is 2.55 bits per heavy atom. The number of rotatable bonds is 4. The number of alkyl halides is 3. The van der Waals surface area contributed by atoms with Gasteiger partial charge in [-0.3, -0.25) is 13.8 Å². The van der Waals surface area contributed by atoms with E-state index in [-0.39, 0.29) is 27.7 Å². The van der Waals surface area contributed by atoms with Crippen LogP contribution in [0.4, 0.5) is 19.0 Å². The van der Waals surface area contributed by atoms with Gasteiger partial charge in [0.25, 0.3) is 12.5 Å². The molecule has 1 aliphatic rings. The van der Waals surface area contributed by atoms with Gasteiger partial charge in [0.2, 0.25) is 5.54 Å².